The summed E-state index contributed by atoms with van der Waals surface area (Å²) in [6, 6.07) is 10.7. The van der Waals surface area contributed by atoms with Gasteiger partial charge in [-0.3, -0.25) is 0 Å². The number of piperidine rings is 1. The maximum atomic E-state index is 12.2. The third-order valence-corrected chi connectivity index (χ3v) is 5.01. The molecule has 1 fully saturated rings. The van der Waals surface area contributed by atoms with E-state index in [1.165, 1.54) is 18.4 Å². The first-order chi connectivity index (χ1) is 10.8. The summed E-state index contributed by atoms with van der Waals surface area (Å²) in [5.74, 6) is 0. The number of benzene rings is 1. The predicted molar refractivity (Wildman–Crippen MR) is 94.5 cm³/mol. The van der Waals surface area contributed by atoms with Crippen molar-refractivity contribution in [1.29, 1.82) is 0 Å². The topological polar surface area (TPSA) is 29.5 Å². The van der Waals surface area contributed by atoms with Crippen molar-refractivity contribution in [2.24, 2.45) is 5.41 Å². The van der Waals surface area contributed by atoms with Gasteiger partial charge in [0.05, 0.1) is 0 Å². The lowest BCUT2D eigenvalue weighted by molar-refractivity contribution is 0.00831. The second-order valence-corrected chi connectivity index (χ2v) is 7.81. The Kier molecular flexibility index (Phi) is 5.72. The van der Waals surface area contributed by atoms with E-state index in [0.29, 0.717) is 5.41 Å². The summed E-state index contributed by atoms with van der Waals surface area (Å²) < 4.78 is 5.50. The molecule has 23 heavy (non-hydrogen) atoms. The van der Waals surface area contributed by atoms with Crippen molar-refractivity contribution < 1.29 is 9.53 Å². The van der Waals surface area contributed by atoms with Gasteiger partial charge in [-0.15, -0.1) is 0 Å². The first kappa shape index (κ1) is 17.8. The minimum absolute atomic E-state index is 0.162. The highest BCUT2D eigenvalue weighted by Crippen LogP contribution is 2.39. The van der Waals surface area contributed by atoms with Gasteiger partial charge >= 0.3 is 6.09 Å². The maximum Gasteiger partial charge on any atom is 0.410 e. The van der Waals surface area contributed by atoms with Crippen LogP contribution in [0.1, 0.15) is 58.9 Å². The van der Waals surface area contributed by atoms with Crippen LogP contribution in [-0.2, 0) is 11.2 Å². The van der Waals surface area contributed by atoms with E-state index in [-0.39, 0.29) is 6.09 Å². The smallest absolute Gasteiger partial charge is 0.410 e. The molecule has 3 heteroatoms. The Labute approximate surface area is 141 Å². The van der Waals surface area contributed by atoms with Crippen molar-refractivity contribution in [2.75, 3.05) is 13.1 Å². The van der Waals surface area contributed by atoms with Gasteiger partial charge in [0.2, 0.25) is 0 Å². The first-order valence-electron chi connectivity index (χ1n) is 8.85. The minimum atomic E-state index is -0.413. The third-order valence-electron chi connectivity index (χ3n) is 5.01. The average molecular weight is 317 g/mol. The number of hydrogen-bond donors (Lipinski definition) is 0. The highest BCUT2D eigenvalue weighted by atomic mass is 16.6. The fourth-order valence-electron chi connectivity index (χ4n) is 3.32. The van der Waals surface area contributed by atoms with Crippen LogP contribution in [0.3, 0.4) is 0 Å². The van der Waals surface area contributed by atoms with Crippen molar-refractivity contribution >= 4 is 6.09 Å². The molecule has 0 N–H and O–H groups in total. The van der Waals surface area contributed by atoms with Crippen LogP contribution in [0.4, 0.5) is 4.79 Å². The summed E-state index contributed by atoms with van der Waals surface area (Å²) in [6.07, 6.45) is 5.51. The number of nitrogens with zero attached hydrogens (tertiary/aromatic N) is 1. The number of hydrogen-bond acceptors (Lipinski definition) is 2. The molecule has 1 aliphatic heterocycles. The molecule has 2 rings (SSSR count). The Morgan fingerprint density at radius 2 is 1.78 bits per heavy atom. The lowest BCUT2D eigenvalue weighted by atomic mass is 9.72. The molecule has 1 aromatic carbocycles. The summed E-state index contributed by atoms with van der Waals surface area (Å²) in [4.78, 5) is 14.1. The fourth-order valence-corrected chi connectivity index (χ4v) is 3.32. The molecule has 1 amide bonds. The summed E-state index contributed by atoms with van der Waals surface area (Å²) in [7, 11) is 0. The van der Waals surface area contributed by atoms with Crippen molar-refractivity contribution in [3.8, 4) is 0 Å². The Morgan fingerprint density at radius 3 is 2.30 bits per heavy atom. The lowest BCUT2D eigenvalue weighted by Gasteiger charge is -2.41. The maximum absolute atomic E-state index is 12.2. The van der Waals surface area contributed by atoms with Gasteiger partial charge in [0.25, 0.3) is 0 Å². The largest absolute Gasteiger partial charge is 0.444 e. The highest BCUT2D eigenvalue weighted by molar-refractivity contribution is 5.68. The second-order valence-electron chi connectivity index (χ2n) is 7.81. The van der Waals surface area contributed by atoms with Gasteiger partial charge in [0.15, 0.2) is 0 Å². The number of ether oxygens (including phenoxy) is 1. The monoisotopic (exact) mass is 317 g/mol. The number of amides is 1. The van der Waals surface area contributed by atoms with E-state index in [9.17, 15) is 4.79 Å². The third kappa shape index (κ3) is 5.26. The van der Waals surface area contributed by atoms with Crippen LogP contribution in [0.15, 0.2) is 30.3 Å². The standard InChI is InChI=1S/C20H31NO2/c1-5-20(12-11-17-9-7-6-8-10-17)13-15-21(16-14-20)18(22)23-19(2,3)4/h6-10H,5,11-16H2,1-4H3. The van der Waals surface area contributed by atoms with E-state index in [1.54, 1.807) is 0 Å². The van der Waals surface area contributed by atoms with Crippen molar-refractivity contribution in [2.45, 2.75) is 65.4 Å². The number of likely N-dealkylation sites (tertiary alicyclic amines) is 1. The van der Waals surface area contributed by atoms with Crippen molar-refractivity contribution in [1.82, 2.24) is 4.90 Å². The molecule has 0 unspecified atom stereocenters. The molecular formula is C20H31NO2. The molecule has 1 aliphatic rings. The Morgan fingerprint density at radius 1 is 1.17 bits per heavy atom. The van der Waals surface area contributed by atoms with Crippen molar-refractivity contribution in [3.05, 3.63) is 35.9 Å². The van der Waals surface area contributed by atoms with E-state index < -0.39 is 5.60 Å². The van der Waals surface area contributed by atoms with E-state index in [4.69, 9.17) is 4.74 Å². The second kappa shape index (κ2) is 7.37. The van der Waals surface area contributed by atoms with E-state index >= 15 is 0 Å². The van der Waals surface area contributed by atoms with Crippen LogP contribution < -0.4 is 0 Å². The van der Waals surface area contributed by atoms with Crippen LogP contribution in [0.25, 0.3) is 0 Å². The number of carbonyl (C=O) groups is 1. The van der Waals surface area contributed by atoms with Crippen LogP contribution in [-0.4, -0.2) is 29.7 Å². The number of carbonyl (C=O) groups excluding carboxylic acids is 1. The Hall–Kier alpha value is -1.51. The SMILES string of the molecule is CCC1(CCc2ccccc2)CCN(C(=O)OC(C)(C)C)CC1. The van der Waals surface area contributed by atoms with E-state index in [0.717, 1.165) is 32.4 Å². The zero-order valence-corrected chi connectivity index (χ0v) is 15.1. The molecule has 1 aromatic rings. The van der Waals surface area contributed by atoms with Crippen LogP contribution in [0.2, 0.25) is 0 Å². The lowest BCUT2D eigenvalue weighted by Crippen LogP contribution is -2.45. The minimum Gasteiger partial charge on any atom is -0.444 e. The molecule has 0 spiro atoms. The van der Waals surface area contributed by atoms with Gasteiger partial charge in [-0.25, -0.2) is 4.79 Å². The quantitative estimate of drug-likeness (QED) is 0.778. The number of aryl methyl sites for hydroxylation is 1. The Bertz CT molecular complexity index is 496. The molecule has 0 aliphatic carbocycles. The van der Waals surface area contributed by atoms with Crippen LogP contribution in [0.5, 0.6) is 0 Å². The molecular weight excluding hydrogens is 286 g/mol. The molecule has 0 aromatic heterocycles. The molecule has 0 radical (unpaired) electrons. The zero-order chi connectivity index (χ0) is 16.9. The van der Waals surface area contributed by atoms with E-state index in [2.05, 4.69) is 37.3 Å². The summed E-state index contributed by atoms with van der Waals surface area (Å²) in [5, 5.41) is 0. The predicted octanol–water partition coefficient (Wildman–Crippen LogP) is 5.05. The molecule has 3 nitrogen and oxygen atoms in total. The van der Waals surface area contributed by atoms with Gasteiger partial charge in [0.1, 0.15) is 5.60 Å². The highest BCUT2D eigenvalue weighted by Gasteiger charge is 2.35. The molecule has 1 heterocycles. The van der Waals surface area contributed by atoms with E-state index in [1.807, 2.05) is 25.7 Å². The van der Waals surface area contributed by atoms with Gasteiger partial charge in [-0.1, -0.05) is 43.7 Å². The molecule has 0 saturated carbocycles. The van der Waals surface area contributed by atoms with Crippen molar-refractivity contribution in [3.63, 3.8) is 0 Å². The first-order valence-corrected chi connectivity index (χ1v) is 8.85. The average Bonchev–Trinajstić information content (AvgIpc) is 2.53. The van der Waals surface area contributed by atoms with Gasteiger partial charge < -0.3 is 9.64 Å². The van der Waals surface area contributed by atoms with Gasteiger partial charge in [-0.05, 0) is 57.4 Å². The van der Waals surface area contributed by atoms with Gasteiger partial charge in [0, 0.05) is 13.1 Å². The fraction of sp³-hybridized carbons (Fsp3) is 0.650. The molecule has 1 saturated heterocycles. The Balaban J connectivity index is 1.88. The zero-order valence-electron chi connectivity index (χ0n) is 15.1. The van der Waals surface area contributed by atoms with Crippen LogP contribution >= 0.6 is 0 Å². The molecule has 128 valence electrons. The number of rotatable bonds is 4. The van der Waals surface area contributed by atoms with Gasteiger partial charge in [-0.2, -0.15) is 0 Å². The van der Waals surface area contributed by atoms with Crippen LogP contribution in [0, 0.1) is 5.41 Å². The summed E-state index contributed by atoms with van der Waals surface area (Å²) in [6.45, 7) is 9.68. The summed E-state index contributed by atoms with van der Waals surface area (Å²) in [5.41, 5.74) is 1.37. The summed E-state index contributed by atoms with van der Waals surface area (Å²) >= 11 is 0. The normalized spacial score (nSPS) is 17.8. The molecule has 0 bridgehead atoms. The molecule has 0 atom stereocenters.